The number of hydrogen-bond acceptors (Lipinski definition) is 3. The lowest BCUT2D eigenvalue weighted by molar-refractivity contribution is 0.199. The standard InChI is InChI=1S/C15H24N2S/c1-11-6-5-9-15(10-11,16-2)14-17-12-7-3-4-8-13(12)18-14/h11,16H,3-10H2,1-2H3. The molecule has 0 spiro atoms. The molecule has 1 fully saturated rings. The average molecular weight is 264 g/mol. The zero-order chi connectivity index (χ0) is 12.6. The third-order valence-electron chi connectivity index (χ3n) is 4.73. The van der Waals surface area contributed by atoms with Gasteiger partial charge in [0, 0.05) is 4.88 Å². The van der Waals surface area contributed by atoms with Crippen LogP contribution >= 0.6 is 11.3 Å². The van der Waals surface area contributed by atoms with Crippen LogP contribution in [0.2, 0.25) is 0 Å². The normalized spacial score (nSPS) is 32.2. The molecule has 2 atom stereocenters. The maximum atomic E-state index is 5.01. The minimum atomic E-state index is 0.180. The number of rotatable bonds is 2. The number of nitrogens with zero attached hydrogens (tertiary/aromatic N) is 1. The van der Waals surface area contributed by atoms with E-state index in [2.05, 4.69) is 19.3 Å². The van der Waals surface area contributed by atoms with Crippen LogP contribution in [-0.4, -0.2) is 12.0 Å². The Bertz CT molecular complexity index is 403. The highest BCUT2D eigenvalue weighted by Crippen LogP contribution is 2.42. The number of fused-ring (bicyclic) bond motifs is 1. The van der Waals surface area contributed by atoms with Gasteiger partial charge in [-0.25, -0.2) is 4.98 Å². The Kier molecular flexibility index (Phi) is 3.46. The zero-order valence-electron chi connectivity index (χ0n) is 11.6. The molecule has 0 saturated heterocycles. The molecular weight excluding hydrogens is 240 g/mol. The summed E-state index contributed by atoms with van der Waals surface area (Å²) in [6.45, 7) is 2.39. The van der Waals surface area contributed by atoms with E-state index < -0.39 is 0 Å². The number of aryl methyl sites for hydroxylation is 2. The Morgan fingerprint density at radius 1 is 1.28 bits per heavy atom. The van der Waals surface area contributed by atoms with Crippen LogP contribution in [0.5, 0.6) is 0 Å². The Balaban J connectivity index is 1.93. The molecule has 0 bridgehead atoms. The summed E-state index contributed by atoms with van der Waals surface area (Å²) in [6, 6.07) is 0. The molecule has 3 heteroatoms. The molecule has 1 saturated carbocycles. The molecule has 0 amide bonds. The molecule has 1 aromatic heterocycles. The van der Waals surface area contributed by atoms with Gasteiger partial charge in [0.2, 0.25) is 0 Å². The molecule has 0 aliphatic heterocycles. The van der Waals surface area contributed by atoms with Gasteiger partial charge in [-0.1, -0.05) is 19.8 Å². The van der Waals surface area contributed by atoms with Crippen molar-refractivity contribution in [2.75, 3.05) is 7.05 Å². The minimum Gasteiger partial charge on any atom is -0.308 e. The summed E-state index contributed by atoms with van der Waals surface area (Å²) in [7, 11) is 2.12. The lowest BCUT2D eigenvalue weighted by Crippen LogP contribution is -2.43. The molecule has 1 aromatic rings. The molecular formula is C15H24N2S. The van der Waals surface area contributed by atoms with Crippen molar-refractivity contribution in [2.45, 2.75) is 63.8 Å². The van der Waals surface area contributed by atoms with Gasteiger partial charge in [-0.2, -0.15) is 0 Å². The Morgan fingerprint density at radius 2 is 2.11 bits per heavy atom. The van der Waals surface area contributed by atoms with Crippen molar-refractivity contribution in [3.63, 3.8) is 0 Å². The maximum absolute atomic E-state index is 5.01. The lowest BCUT2D eigenvalue weighted by atomic mass is 9.77. The van der Waals surface area contributed by atoms with Gasteiger partial charge in [0.05, 0.1) is 11.2 Å². The van der Waals surface area contributed by atoms with E-state index in [-0.39, 0.29) is 5.54 Å². The van der Waals surface area contributed by atoms with Crippen LogP contribution in [0.4, 0.5) is 0 Å². The molecule has 1 N–H and O–H groups in total. The first-order valence-electron chi connectivity index (χ1n) is 7.41. The predicted octanol–water partition coefficient (Wildman–Crippen LogP) is 3.65. The third kappa shape index (κ3) is 2.12. The maximum Gasteiger partial charge on any atom is 0.113 e. The molecule has 100 valence electrons. The van der Waals surface area contributed by atoms with Crippen LogP contribution in [0, 0.1) is 5.92 Å². The highest BCUT2D eigenvalue weighted by atomic mass is 32.1. The summed E-state index contributed by atoms with van der Waals surface area (Å²) in [4.78, 5) is 6.58. The minimum absolute atomic E-state index is 0.180. The van der Waals surface area contributed by atoms with Crippen molar-refractivity contribution in [3.05, 3.63) is 15.6 Å². The Morgan fingerprint density at radius 3 is 2.83 bits per heavy atom. The molecule has 2 nitrogen and oxygen atoms in total. The second kappa shape index (κ2) is 4.93. The topological polar surface area (TPSA) is 24.9 Å². The van der Waals surface area contributed by atoms with Gasteiger partial charge in [0.1, 0.15) is 5.01 Å². The number of hydrogen-bond donors (Lipinski definition) is 1. The van der Waals surface area contributed by atoms with Crippen molar-refractivity contribution >= 4 is 11.3 Å². The van der Waals surface area contributed by atoms with Crippen LogP contribution < -0.4 is 5.32 Å². The van der Waals surface area contributed by atoms with E-state index in [0.717, 1.165) is 5.92 Å². The quantitative estimate of drug-likeness (QED) is 0.882. The highest BCUT2D eigenvalue weighted by molar-refractivity contribution is 7.11. The second-order valence-corrected chi connectivity index (χ2v) is 7.21. The fourth-order valence-corrected chi connectivity index (χ4v) is 5.02. The van der Waals surface area contributed by atoms with Crippen molar-refractivity contribution < 1.29 is 0 Å². The molecule has 2 unspecified atom stereocenters. The first-order chi connectivity index (χ1) is 8.73. The summed E-state index contributed by atoms with van der Waals surface area (Å²) in [5.74, 6) is 0.826. The van der Waals surface area contributed by atoms with E-state index >= 15 is 0 Å². The van der Waals surface area contributed by atoms with Crippen molar-refractivity contribution in [1.82, 2.24) is 10.3 Å². The third-order valence-corrected chi connectivity index (χ3v) is 6.09. The van der Waals surface area contributed by atoms with Gasteiger partial charge in [-0.3, -0.25) is 0 Å². The van der Waals surface area contributed by atoms with Crippen molar-refractivity contribution in [1.29, 1.82) is 0 Å². The number of nitrogens with one attached hydrogen (secondary N) is 1. The van der Waals surface area contributed by atoms with Crippen molar-refractivity contribution in [3.8, 4) is 0 Å². The van der Waals surface area contributed by atoms with Gasteiger partial charge >= 0.3 is 0 Å². The van der Waals surface area contributed by atoms with Gasteiger partial charge < -0.3 is 5.32 Å². The zero-order valence-corrected chi connectivity index (χ0v) is 12.4. The van der Waals surface area contributed by atoms with E-state index in [1.807, 2.05) is 11.3 Å². The number of thiazole rings is 1. The van der Waals surface area contributed by atoms with Crippen LogP contribution in [0.1, 0.15) is 61.0 Å². The average Bonchev–Trinajstić information content (AvgIpc) is 2.83. The molecule has 0 aromatic carbocycles. The van der Waals surface area contributed by atoms with Crippen molar-refractivity contribution in [2.24, 2.45) is 5.92 Å². The van der Waals surface area contributed by atoms with Crippen LogP contribution in [-0.2, 0) is 18.4 Å². The lowest BCUT2D eigenvalue weighted by Gasteiger charge is -2.38. The Labute approximate surface area is 114 Å². The fourth-order valence-electron chi connectivity index (χ4n) is 3.64. The molecule has 2 aliphatic carbocycles. The van der Waals surface area contributed by atoms with Gasteiger partial charge in [0.25, 0.3) is 0 Å². The van der Waals surface area contributed by atoms with Gasteiger partial charge in [-0.15, -0.1) is 11.3 Å². The summed E-state index contributed by atoms with van der Waals surface area (Å²) in [6.07, 6.45) is 10.4. The Hall–Kier alpha value is -0.410. The largest absolute Gasteiger partial charge is 0.308 e. The summed E-state index contributed by atoms with van der Waals surface area (Å²) < 4.78 is 0. The summed E-state index contributed by atoms with van der Waals surface area (Å²) >= 11 is 1.99. The second-order valence-electron chi connectivity index (χ2n) is 6.13. The first-order valence-corrected chi connectivity index (χ1v) is 8.23. The molecule has 18 heavy (non-hydrogen) atoms. The highest BCUT2D eigenvalue weighted by Gasteiger charge is 2.38. The van der Waals surface area contributed by atoms with Crippen LogP contribution in [0.3, 0.4) is 0 Å². The van der Waals surface area contributed by atoms with Gasteiger partial charge in [-0.05, 0) is 51.5 Å². The van der Waals surface area contributed by atoms with E-state index in [9.17, 15) is 0 Å². The van der Waals surface area contributed by atoms with Crippen LogP contribution in [0.25, 0.3) is 0 Å². The van der Waals surface area contributed by atoms with Gasteiger partial charge in [0.15, 0.2) is 0 Å². The smallest absolute Gasteiger partial charge is 0.113 e. The molecule has 3 rings (SSSR count). The molecule has 1 heterocycles. The fraction of sp³-hybridized carbons (Fsp3) is 0.800. The van der Waals surface area contributed by atoms with E-state index in [1.54, 1.807) is 4.88 Å². The summed E-state index contributed by atoms with van der Waals surface area (Å²) in [5, 5.41) is 5.00. The monoisotopic (exact) mass is 264 g/mol. The van der Waals surface area contributed by atoms with Crippen LogP contribution in [0.15, 0.2) is 0 Å². The molecule has 2 aliphatic rings. The first kappa shape index (κ1) is 12.6. The summed E-state index contributed by atoms with van der Waals surface area (Å²) in [5.41, 5.74) is 1.59. The van der Waals surface area contributed by atoms with E-state index in [0.29, 0.717) is 0 Å². The predicted molar refractivity (Wildman–Crippen MR) is 77.1 cm³/mol. The number of aromatic nitrogens is 1. The van der Waals surface area contributed by atoms with E-state index in [1.165, 1.54) is 62.1 Å². The SMILES string of the molecule is CNC1(c2nc3c(s2)CCCC3)CCCC(C)C1. The van der Waals surface area contributed by atoms with E-state index in [4.69, 9.17) is 4.98 Å². The molecule has 0 radical (unpaired) electrons.